The number of hydrogen-bond acceptors (Lipinski definition) is 4. The van der Waals surface area contributed by atoms with Gasteiger partial charge < -0.3 is 0 Å². The lowest BCUT2D eigenvalue weighted by molar-refractivity contribution is 0.595. The third-order valence-corrected chi connectivity index (χ3v) is 5.21. The minimum absolute atomic E-state index is 0.190. The lowest BCUT2D eigenvalue weighted by atomic mass is 10.3. The Hall–Kier alpha value is -2.73. The molecular weight excluding hydrogens is 322 g/mol. The van der Waals surface area contributed by atoms with Crippen LogP contribution in [0.4, 0.5) is 11.6 Å². The second kappa shape index (κ2) is 6.41. The van der Waals surface area contributed by atoms with Crippen molar-refractivity contribution >= 4 is 21.7 Å². The molecule has 0 atom stereocenters. The molecule has 0 fully saturated rings. The summed E-state index contributed by atoms with van der Waals surface area (Å²) in [5, 5.41) is 0. The molecule has 0 aliphatic rings. The van der Waals surface area contributed by atoms with Crippen molar-refractivity contribution in [2.45, 2.75) is 18.7 Å². The standard InChI is InChI=1S/C18H17N3O2S/c1-14-8-10-17(19-12-14)21(18-11-9-15(2)13-20-18)24(22,23)16-6-4-3-5-7-16/h3-13H,1-2H3. The molecule has 0 unspecified atom stereocenters. The van der Waals surface area contributed by atoms with Crippen LogP contribution in [-0.2, 0) is 10.0 Å². The van der Waals surface area contributed by atoms with Gasteiger partial charge >= 0.3 is 0 Å². The van der Waals surface area contributed by atoms with Gasteiger partial charge in [-0.25, -0.2) is 22.7 Å². The Balaban J connectivity index is 2.18. The quantitative estimate of drug-likeness (QED) is 0.728. The fourth-order valence-corrected chi connectivity index (χ4v) is 3.64. The molecule has 0 N–H and O–H groups in total. The highest BCUT2D eigenvalue weighted by Gasteiger charge is 2.28. The SMILES string of the molecule is Cc1ccc(N(c2ccc(C)cn2)S(=O)(=O)c2ccccc2)nc1. The molecule has 0 aliphatic carbocycles. The largest absolute Gasteiger partial charge is 0.271 e. The zero-order valence-electron chi connectivity index (χ0n) is 13.4. The highest BCUT2D eigenvalue weighted by atomic mass is 32.2. The predicted octanol–water partition coefficient (Wildman–Crippen LogP) is 3.62. The molecule has 3 rings (SSSR count). The van der Waals surface area contributed by atoms with Gasteiger partial charge in [-0.05, 0) is 49.2 Å². The molecule has 3 aromatic rings. The van der Waals surface area contributed by atoms with Crippen LogP contribution in [0.5, 0.6) is 0 Å². The topological polar surface area (TPSA) is 63.2 Å². The fraction of sp³-hybridized carbons (Fsp3) is 0.111. The molecule has 24 heavy (non-hydrogen) atoms. The normalized spacial score (nSPS) is 11.2. The summed E-state index contributed by atoms with van der Waals surface area (Å²) in [5.41, 5.74) is 1.90. The lowest BCUT2D eigenvalue weighted by Gasteiger charge is -2.22. The number of aryl methyl sites for hydroxylation is 2. The second-order valence-corrected chi connectivity index (χ2v) is 7.26. The van der Waals surface area contributed by atoms with Crippen LogP contribution in [0.15, 0.2) is 71.9 Å². The summed E-state index contributed by atoms with van der Waals surface area (Å²) in [6.07, 6.45) is 3.27. The molecule has 0 saturated heterocycles. The van der Waals surface area contributed by atoms with Gasteiger partial charge in [-0.2, -0.15) is 0 Å². The van der Waals surface area contributed by atoms with E-state index in [1.165, 1.54) is 4.31 Å². The number of anilines is 2. The Kier molecular flexibility index (Phi) is 4.31. The lowest BCUT2D eigenvalue weighted by Crippen LogP contribution is -2.27. The summed E-state index contributed by atoms with van der Waals surface area (Å²) < 4.78 is 27.5. The molecule has 0 amide bonds. The van der Waals surface area contributed by atoms with Crippen molar-refractivity contribution < 1.29 is 8.42 Å². The van der Waals surface area contributed by atoms with E-state index >= 15 is 0 Å². The average molecular weight is 339 g/mol. The van der Waals surface area contributed by atoms with E-state index in [9.17, 15) is 8.42 Å². The highest BCUT2D eigenvalue weighted by Crippen LogP contribution is 2.29. The van der Waals surface area contributed by atoms with E-state index < -0.39 is 10.0 Å². The van der Waals surface area contributed by atoms with E-state index in [0.717, 1.165) is 11.1 Å². The molecule has 122 valence electrons. The number of aromatic nitrogens is 2. The van der Waals surface area contributed by atoms with Gasteiger partial charge in [0.1, 0.15) is 11.6 Å². The van der Waals surface area contributed by atoms with Gasteiger partial charge in [-0.15, -0.1) is 0 Å². The summed E-state index contributed by atoms with van der Waals surface area (Å²) >= 11 is 0. The maximum absolute atomic E-state index is 13.1. The van der Waals surface area contributed by atoms with Crippen LogP contribution in [0.25, 0.3) is 0 Å². The summed E-state index contributed by atoms with van der Waals surface area (Å²) in [4.78, 5) is 8.74. The molecule has 1 aromatic carbocycles. The first-order valence-electron chi connectivity index (χ1n) is 7.44. The van der Waals surface area contributed by atoms with E-state index in [2.05, 4.69) is 9.97 Å². The number of sulfonamides is 1. The second-order valence-electron chi connectivity index (χ2n) is 5.47. The molecule has 0 radical (unpaired) electrons. The maximum Gasteiger partial charge on any atom is 0.271 e. The Labute approximate surface area is 141 Å². The van der Waals surface area contributed by atoms with Gasteiger partial charge in [0.05, 0.1) is 4.90 Å². The van der Waals surface area contributed by atoms with Gasteiger partial charge in [0.15, 0.2) is 0 Å². The van der Waals surface area contributed by atoms with Crippen molar-refractivity contribution in [1.82, 2.24) is 9.97 Å². The third kappa shape index (κ3) is 3.14. The first-order valence-corrected chi connectivity index (χ1v) is 8.88. The summed E-state index contributed by atoms with van der Waals surface area (Å²) in [7, 11) is -3.82. The van der Waals surface area contributed by atoms with Crippen LogP contribution >= 0.6 is 0 Å². The maximum atomic E-state index is 13.1. The van der Waals surface area contributed by atoms with E-state index in [-0.39, 0.29) is 4.90 Å². The summed E-state index contributed by atoms with van der Waals surface area (Å²) in [6.45, 7) is 3.80. The monoisotopic (exact) mass is 339 g/mol. The number of benzene rings is 1. The van der Waals surface area contributed by atoms with Gasteiger partial charge in [0.2, 0.25) is 0 Å². The third-order valence-electron chi connectivity index (χ3n) is 3.49. The van der Waals surface area contributed by atoms with Crippen molar-refractivity contribution in [2.24, 2.45) is 0 Å². The number of pyridine rings is 2. The fourth-order valence-electron chi connectivity index (χ4n) is 2.22. The Bertz CT molecular complexity index is 877. The molecule has 6 heteroatoms. The van der Waals surface area contributed by atoms with Gasteiger partial charge in [-0.3, -0.25) is 0 Å². The minimum atomic E-state index is -3.82. The minimum Gasteiger partial charge on any atom is -0.238 e. The van der Waals surface area contributed by atoms with E-state index in [1.54, 1.807) is 54.9 Å². The van der Waals surface area contributed by atoms with E-state index in [4.69, 9.17) is 0 Å². The number of hydrogen-bond donors (Lipinski definition) is 0. The van der Waals surface area contributed by atoms with Gasteiger partial charge in [-0.1, -0.05) is 30.3 Å². The molecule has 5 nitrogen and oxygen atoms in total. The Morgan fingerprint density at radius 2 is 1.25 bits per heavy atom. The molecule has 0 aliphatic heterocycles. The van der Waals surface area contributed by atoms with Crippen molar-refractivity contribution in [1.29, 1.82) is 0 Å². The highest BCUT2D eigenvalue weighted by molar-refractivity contribution is 7.93. The zero-order valence-corrected chi connectivity index (χ0v) is 14.2. The van der Waals surface area contributed by atoms with Crippen LogP contribution in [-0.4, -0.2) is 18.4 Å². The van der Waals surface area contributed by atoms with Crippen LogP contribution < -0.4 is 4.31 Å². The van der Waals surface area contributed by atoms with Crippen LogP contribution in [0.3, 0.4) is 0 Å². The smallest absolute Gasteiger partial charge is 0.238 e. The zero-order chi connectivity index (χ0) is 17.2. The van der Waals surface area contributed by atoms with Crippen molar-refractivity contribution in [2.75, 3.05) is 4.31 Å². The molecule has 0 spiro atoms. The molecule has 0 saturated carbocycles. The molecular formula is C18H17N3O2S. The summed E-state index contributed by atoms with van der Waals surface area (Å²) in [6, 6.07) is 15.3. The number of rotatable bonds is 4. The molecule has 0 bridgehead atoms. The van der Waals surface area contributed by atoms with E-state index in [1.807, 2.05) is 26.0 Å². The Morgan fingerprint density at radius 3 is 1.67 bits per heavy atom. The predicted molar refractivity (Wildman–Crippen MR) is 93.7 cm³/mol. The van der Waals surface area contributed by atoms with Crippen molar-refractivity contribution in [3.63, 3.8) is 0 Å². The van der Waals surface area contributed by atoms with Crippen LogP contribution in [0, 0.1) is 13.8 Å². The Morgan fingerprint density at radius 1 is 0.750 bits per heavy atom. The van der Waals surface area contributed by atoms with Gasteiger partial charge in [0.25, 0.3) is 10.0 Å². The van der Waals surface area contributed by atoms with Crippen molar-refractivity contribution in [3.8, 4) is 0 Å². The van der Waals surface area contributed by atoms with Crippen molar-refractivity contribution in [3.05, 3.63) is 78.1 Å². The molecule has 2 aromatic heterocycles. The summed E-state index contributed by atoms with van der Waals surface area (Å²) in [5.74, 6) is 0.613. The van der Waals surface area contributed by atoms with Crippen LogP contribution in [0.2, 0.25) is 0 Å². The average Bonchev–Trinajstić information content (AvgIpc) is 2.59. The number of nitrogens with zero attached hydrogens (tertiary/aromatic N) is 3. The molecule has 2 heterocycles. The first-order chi connectivity index (χ1) is 11.5. The first kappa shape index (κ1) is 16.1. The van der Waals surface area contributed by atoms with Gasteiger partial charge in [0, 0.05) is 12.4 Å². The van der Waals surface area contributed by atoms with Crippen LogP contribution in [0.1, 0.15) is 11.1 Å². The van der Waals surface area contributed by atoms with E-state index in [0.29, 0.717) is 11.6 Å².